The molecule has 5 nitrogen and oxygen atoms in total. The number of rotatable bonds is 2. The van der Waals surface area contributed by atoms with E-state index in [1.807, 2.05) is 0 Å². The minimum Gasteiger partial charge on any atom is -0.466 e. The Hall–Kier alpha value is -1.55. The Morgan fingerprint density at radius 2 is 2.33 bits per heavy atom. The van der Waals surface area contributed by atoms with Crippen molar-refractivity contribution in [2.45, 2.75) is 5.38 Å². The molecule has 0 saturated heterocycles. The molecule has 0 radical (unpaired) electrons. The molecule has 3 N–H and O–H groups in total. The van der Waals surface area contributed by atoms with Gasteiger partial charge in [0.05, 0.1) is 24.0 Å². The molecule has 1 aliphatic rings. The summed E-state index contributed by atoms with van der Waals surface area (Å²) < 4.78 is 4.51. The van der Waals surface area contributed by atoms with Crippen molar-refractivity contribution in [1.82, 2.24) is 5.43 Å². The number of nitrogens with one attached hydrogen (secondary N) is 1. The van der Waals surface area contributed by atoms with Gasteiger partial charge in [-0.25, -0.2) is 9.59 Å². The Balaban J connectivity index is 3.14. The van der Waals surface area contributed by atoms with Crippen molar-refractivity contribution in [3.63, 3.8) is 0 Å². The van der Waals surface area contributed by atoms with Crippen molar-refractivity contribution in [2.75, 3.05) is 7.11 Å². The van der Waals surface area contributed by atoms with Crippen molar-refractivity contribution in [3.05, 3.63) is 29.0 Å². The third-order valence-electron chi connectivity index (χ3n) is 1.93. The Kier molecular flexibility index (Phi) is 3.68. The Morgan fingerprint density at radius 3 is 2.80 bits per heavy atom. The predicted octanol–water partition coefficient (Wildman–Crippen LogP) is -0.188. The molecule has 0 saturated carbocycles. The van der Waals surface area contributed by atoms with Gasteiger partial charge in [0, 0.05) is 0 Å². The van der Waals surface area contributed by atoms with Crippen LogP contribution in [0, 0.1) is 0 Å². The van der Waals surface area contributed by atoms with E-state index in [0.717, 1.165) is 0 Å². The summed E-state index contributed by atoms with van der Waals surface area (Å²) in [5.41, 5.74) is 2.89. The van der Waals surface area contributed by atoms with Crippen LogP contribution < -0.4 is 11.3 Å². The normalized spacial score (nSPS) is 19.9. The van der Waals surface area contributed by atoms with Crippen LogP contribution in [0.1, 0.15) is 0 Å². The summed E-state index contributed by atoms with van der Waals surface area (Å²) in [5, 5.41) is -0.897. The molecule has 0 fully saturated rings. The van der Waals surface area contributed by atoms with Crippen molar-refractivity contribution in [2.24, 2.45) is 5.84 Å². The Morgan fingerprint density at radius 1 is 1.67 bits per heavy atom. The van der Waals surface area contributed by atoms with Crippen LogP contribution >= 0.6 is 11.6 Å². The summed E-state index contributed by atoms with van der Waals surface area (Å²) in [4.78, 5) is 21.9. The quantitative estimate of drug-likeness (QED) is 0.225. The van der Waals surface area contributed by atoms with E-state index in [4.69, 9.17) is 17.4 Å². The van der Waals surface area contributed by atoms with Crippen molar-refractivity contribution >= 4 is 23.5 Å². The van der Waals surface area contributed by atoms with E-state index < -0.39 is 11.3 Å². The molecule has 6 heteroatoms. The topological polar surface area (TPSA) is 81.4 Å². The highest BCUT2D eigenvalue weighted by atomic mass is 35.5. The van der Waals surface area contributed by atoms with Crippen LogP contribution in [-0.2, 0) is 14.3 Å². The van der Waals surface area contributed by atoms with E-state index in [9.17, 15) is 9.59 Å². The molecule has 0 aliphatic heterocycles. The molecule has 0 amide bonds. The number of allylic oxidation sites excluding steroid dienone is 3. The molecule has 0 spiro atoms. The highest BCUT2D eigenvalue weighted by Crippen LogP contribution is 2.26. The van der Waals surface area contributed by atoms with Gasteiger partial charge in [0.25, 0.3) is 0 Å². The number of hydrogen-bond donors (Lipinski definition) is 2. The average molecular weight is 229 g/mol. The van der Waals surface area contributed by atoms with Crippen LogP contribution in [-0.4, -0.2) is 24.4 Å². The van der Waals surface area contributed by atoms with Gasteiger partial charge < -0.3 is 10.2 Å². The standard InChI is InChI=1S/C9H9ClN2O3/c1-15-9(14)5-2-3-7(12-11)6(4-13)8(5)10/h2-3,8,12H,11H2,1H3. The van der Waals surface area contributed by atoms with Gasteiger partial charge in [-0.05, 0) is 12.2 Å². The predicted molar refractivity (Wildman–Crippen MR) is 54.4 cm³/mol. The maximum atomic E-state index is 11.2. The van der Waals surface area contributed by atoms with Crippen LogP contribution in [0.2, 0.25) is 0 Å². The van der Waals surface area contributed by atoms with Gasteiger partial charge in [-0.15, -0.1) is 11.6 Å². The molecule has 15 heavy (non-hydrogen) atoms. The summed E-state index contributed by atoms with van der Waals surface area (Å²) in [5.74, 6) is 6.21. The first-order valence-electron chi connectivity index (χ1n) is 4.02. The number of hydrazine groups is 1. The average Bonchev–Trinajstić information content (AvgIpc) is 2.27. The van der Waals surface area contributed by atoms with Gasteiger partial charge in [0.1, 0.15) is 11.3 Å². The minimum absolute atomic E-state index is 0.0852. The second kappa shape index (κ2) is 4.79. The fraction of sp³-hybridized carbons (Fsp3) is 0.222. The SMILES string of the molecule is COC(=O)C1=CC=C(NN)C(=C=O)C1Cl. The molecule has 0 aromatic carbocycles. The summed E-state index contributed by atoms with van der Waals surface area (Å²) >= 11 is 5.89. The summed E-state index contributed by atoms with van der Waals surface area (Å²) in [6.07, 6.45) is 2.91. The molecule has 0 aromatic heterocycles. The van der Waals surface area contributed by atoms with Crippen LogP contribution in [0.3, 0.4) is 0 Å². The number of ether oxygens (including phenoxy) is 1. The third-order valence-corrected chi connectivity index (χ3v) is 2.39. The zero-order valence-electron chi connectivity index (χ0n) is 7.91. The molecule has 1 aliphatic carbocycles. The van der Waals surface area contributed by atoms with E-state index in [1.165, 1.54) is 19.3 Å². The zero-order valence-corrected chi connectivity index (χ0v) is 8.67. The largest absolute Gasteiger partial charge is 0.466 e. The van der Waals surface area contributed by atoms with E-state index in [0.29, 0.717) is 5.70 Å². The number of carbonyl (C=O) groups excluding carboxylic acids is 2. The molecular weight excluding hydrogens is 220 g/mol. The van der Waals surface area contributed by atoms with Crippen LogP contribution in [0.4, 0.5) is 0 Å². The lowest BCUT2D eigenvalue weighted by Gasteiger charge is -2.18. The minimum atomic E-state index is -0.897. The van der Waals surface area contributed by atoms with Gasteiger partial charge in [-0.1, -0.05) is 0 Å². The second-order valence-electron chi connectivity index (χ2n) is 2.72. The van der Waals surface area contributed by atoms with Crippen molar-refractivity contribution in [1.29, 1.82) is 0 Å². The molecular formula is C9H9ClN2O3. The van der Waals surface area contributed by atoms with E-state index in [2.05, 4.69) is 10.2 Å². The summed E-state index contributed by atoms with van der Waals surface area (Å²) in [6, 6.07) is 0. The second-order valence-corrected chi connectivity index (χ2v) is 3.15. The maximum Gasteiger partial charge on any atom is 0.335 e. The fourth-order valence-corrected chi connectivity index (χ4v) is 1.49. The number of alkyl halides is 1. The lowest BCUT2D eigenvalue weighted by atomic mass is 9.98. The first-order valence-corrected chi connectivity index (χ1v) is 4.45. The first-order chi connectivity index (χ1) is 7.15. The summed E-state index contributed by atoms with van der Waals surface area (Å²) in [7, 11) is 1.23. The lowest BCUT2D eigenvalue weighted by Crippen LogP contribution is -2.30. The number of carbonyl (C=O) groups is 1. The molecule has 1 unspecified atom stereocenters. The van der Waals surface area contributed by atoms with Crippen LogP contribution in [0.25, 0.3) is 0 Å². The smallest absolute Gasteiger partial charge is 0.335 e. The van der Waals surface area contributed by atoms with Gasteiger partial charge in [0.2, 0.25) is 0 Å². The highest BCUT2D eigenvalue weighted by molar-refractivity contribution is 6.28. The van der Waals surface area contributed by atoms with E-state index >= 15 is 0 Å². The van der Waals surface area contributed by atoms with Crippen molar-refractivity contribution in [3.8, 4) is 0 Å². The molecule has 0 aromatic rings. The molecule has 1 rings (SSSR count). The van der Waals surface area contributed by atoms with Crippen molar-refractivity contribution < 1.29 is 14.3 Å². The molecule has 1 atom stereocenters. The zero-order chi connectivity index (χ0) is 11.4. The van der Waals surface area contributed by atoms with Gasteiger partial charge in [-0.3, -0.25) is 5.84 Å². The number of esters is 1. The van der Waals surface area contributed by atoms with Gasteiger partial charge in [-0.2, -0.15) is 0 Å². The van der Waals surface area contributed by atoms with Gasteiger partial charge in [0.15, 0.2) is 0 Å². The molecule has 0 heterocycles. The molecule has 0 bridgehead atoms. The Labute approximate surface area is 91.2 Å². The number of methoxy groups -OCH3 is 1. The summed E-state index contributed by atoms with van der Waals surface area (Å²) in [6.45, 7) is 0. The van der Waals surface area contributed by atoms with Gasteiger partial charge >= 0.3 is 5.97 Å². The van der Waals surface area contributed by atoms with Crippen LogP contribution in [0.15, 0.2) is 29.0 Å². The van der Waals surface area contributed by atoms with E-state index in [1.54, 1.807) is 5.94 Å². The number of halogens is 1. The number of hydrogen-bond acceptors (Lipinski definition) is 5. The Bertz CT molecular complexity index is 394. The first kappa shape index (κ1) is 11.5. The molecule has 80 valence electrons. The van der Waals surface area contributed by atoms with E-state index in [-0.39, 0.29) is 11.1 Å². The number of nitrogens with two attached hydrogens (primary N) is 1. The maximum absolute atomic E-state index is 11.2. The van der Waals surface area contributed by atoms with Crippen LogP contribution in [0.5, 0.6) is 0 Å². The monoisotopic (exact) mass is 228 g/mol. The third kappa shape index (κ3) is 2.10. The lowest BCUT2D eigenvalue weighted by molar-refractivity contribution is -0.136. The fourth-order valence-electron chi connectivity index (χ4n) is 1.16. The highest BCUT2D eigenvalue weighted by Gasteiger charge is 2.28.